The standard InChI is InChI=1S/C34H46N2O17S/c1-8-18(36-13-54)32(44)53-27-20(12-48-17(6)37)51-30(33(45)11-19(38)25(35)24(29(33)41)31(42)43)26(40)28(27)52-23-10-21(47-7)34(46,16(5)50-23)15(4)49-22(39)9-14(2)3/h8,14-16,20-21,23,26-28,30,35,40-41,45-46H,9-12H2,1-7H3,(H,42,43). The summed E-state index contributed by atoms with van der Waals surface area (Å²) in [6.45, 7) is 8.21. The number of thiocarbonyl (C=S) groups is 1. The fraction of sp³-hybridized carbons (Fsp3) is 0.676. The third kappa shape index (κ3) is 9.27. The number of carboxylic acid groups (broad SMARTS) is 1. The second-order valence-corrected chi connectivity index (χ2v) is 13.6. The van der Waals surface area contributed by atoms with Crippen LogP contribution in [0.2, 0.25) is 0 Å². The van der Waals surface area contributed by atoms with Crippen LogP contribution in [0.4, 0.5) is 0 Å². The van der Waals surface area contributed by atoms with Crippen molar-refractivity contribution in [1.29, 1.82) is 5.41 Å². The zero-order valence-electron chi connectivity index (χ0n) is 30.7. The summed E-state index contributed by atoms with van der Waals surface area (Å²) in [4.78, 5) is 66.2. The first kappa shape index (κ1) is 44.4. The molecule has 2 aliphatic heterocycles. The summed E-state index contributed by atoms with van der Waals surface area (Å²) in [5.74, 6) is -7.22. The quantitative estimate of drug-likeness (QED) is 0.0458. The maximum atomic E-state index is 13.3. The molecule has 0 aromatic carbocycles. The SMILES string of the molecule is CC=C(N=C=S)C(=O)OC1C(COC(C)=O)OC(C2(O)CC(=O)C(=N)C(C(=O)O)=C2O)C(O)C1OC1CC(OC)C(O)(C(C)OC(=O)CC(C)C)C(C)O1. The van der Waals surface area contributed by atoms with E-state index in [2.05, 4.69) is 17.2 Å². The monoisotopic (exact) mass is 786 g/mol. The largest absolute Gasteiger partial charge is 0.508 e. The van der Waals surface area contributed by atoms with Gasteiger partial charge >= 0.3 is 23.9 Å². The molecule has 0 spiro atoms. The second-order valence-electron chi connectivity index (χ2n) is 13.4. The molecular formula is C34H46N2O17S. The number of nitrogens with one attached hydrogen (secondary N) is 1. The number of esters is 3. The third-order valence-corrected chi connectivity index (χ3v) is 9.44. The number of isothiocyanates is 1. The van der Waals surface area contributed by atoms with Gasteiger partial charge in [-0.2, -0.15) is 4.99 Å². The predicted octanol–water partition coefficient (Wildman–Crippen LogP) is 0.461. The molecule has 11 atom stereocenters. The number of carbonyl (C=O) groups is 5. The van der Waals surface area contributed by atoms with Crippen molar-refractivity contribution in [3.05, 3.63) is 23.1 Å². The van der Waals surface area contributed by atoms with Gasteiger partial charge in [0, 0.05) is 26.9 Å². The molecule has 2 fully saturated rings. The second kappa shape index (κ2) is 18.1. The van der Waals surface area contributed by atoms with E-state index in [1.54, 1.807) is 0 Å². The number of hydrogen-bond donors (Lipinski definition) is 6. The first-order valence-electron chi connectivity index (χ1n) is 16.9. The number of aliphatic hydroxyl groups is 4. The van der Waals surface area contributed by atoms with Crippen molar-refractivity contribution in [3.8, 4) is 0 Å². The van der Waals surface area contributed by atoms with Crippen molar-refractivity contribution in [2.45, 2.75) is 127 Å². The van der Waals surface area contributed by atoms with E-state index in [4.69, 9.17) is 38.6 Å². The van der Waals surface area contributed by atoms with Gasteiger partial charge in [-0.15, -0.1) is 0 Å². The molecule has 6 N–H and O–H groups in total. The maximum absolute atomic E-state index is 13.3. The first-order chi connectivity index (χ1) is 25.2. The van der Waals surface area contributed by atoms with Gasteiger partial charge in [0.15, 0.2) is 35.1 Å². The number of ether oxygens (including phenoxy) is 7. The molecule has 2 saturated heterocycles. The van der Waals surface area contributed by atoms with Gasteiger partial charge in [0.25, 0.3) is 0 Å². The zero-order valence-corrected chi connectivity index (χ0v) is 31.5. The van der Waals surface area contributed by atoms with E-state index < -0.39 is 126 Å². The predicted molar refractivity (Wildman–Crippen MR) is 184 cm³/mol. The van der Waals surface area contributed by atoms with Gasteiger partial charge in [0.1, 0.15) is 54.2 Å². The summed E-state index contributed by atoms with van der Waals surface area (Å²) in [6.07, 6.45) is -14.9. The van der Waals surface area contributed by atoms with Crippen molar-refractivity contribution >= 4 is 52.8 Å². The molecule has 11 unspecified atom stereocenters. The molecule has 300 valence electrons. The zero-order chi connectivity index (χ0) is 40.9. The van der Waals surface area contributed by atoms with Crippen LogP contribution in [0, 0.1) is 11.3 Å². The number of carboxylic acids is 1. The summed E-state index contributed by atoms with van der Waals surface area (Å²) >= 11 is 4.60. The molecule has 54 heavy (non-hydrogen) atoms. The number of Topliss-reactive ketones (excluding diaryl/α,β-unsaturated/α-hetero) is 1. The van der Waals surface area contributed by atoms with Crippen molar-refractivity contribution in [2.24, 2.45) is 10.9 Å². The molecule has 0 saturated carbocycles. The Morgan fingerprint density at radius 2 is 1.81 bits per heavy atom. The molecule has 0 radical (unpaired) electrons. The Hall–Kier alpha value is -3.98. The van der Waals surface area contributed by atoms with Gasteiger partial charge in [0.05, 0.1) is 23.8 Å². The van der Waals surface area contributed by atoms with Crippen molar-refractivity contribution < 1.29 is 82.7 Å². The van der Waals surface area contributed by atoms with E-state index in [0.29, 0.717) is 0 Å². The Morgan fingerprint density at radius 3 is 2.35 bits per heavy atom. The minimum Gasteiger partial charge on any atom is -0.508 e. The first-order valence-corrected chi connectivity index (χ1v) is 17.3. The number of ketones is 1. The number of rotatable bonds is 14. The van der Waals surface area contributed by atoms with Gasteiger partial charge in [-0.1, -0.05) is 19.9 Å². The Morgan fingerprint density at radius 1 is 1.17 bits per heavy atom. The summed E-state index contributed by atoms with van der Waals surface area (Å²) in [5.41, 5.74) is -7.73. The van der Waals surface area contributed by atoms with Crippen LogP contribution in [0.25, 0.3) is 0 Å². The summed E-state index contributed by atoms with van der Waals surface area (Å²) < 4.78 is 40.0. The van der Waals surface area contributed by atoms with Gasteiger partial charge in [0.2, 0.25) is 0 Å². The summed E-state index contributed by atoms with van der Waals surface area (Å²) in [5, 5.41) is 66.1. The summed E-state index contributed by atoms with van der Waals surface area (Å²) in [7, 11) is 1.27. The highest BCUT2D eigenvalue weighted by Gasteiger charge is 2.62. The highest BCUT2D eigenvalue weighted by Crippen LogP contribution is 2.42. The van der Waals surface area contributed by atoms with Crippen LogP contribution in [-0.4, -0.2) is 146 Å². The Balaban J connectivity index is 2.13. The molecule has 0 bridgehead atoms. The van der Waals surface area contributed by atoms with Crippen molar-refractivity contribution in [2.75, 3.05) is 13.7 Å². The lowest BCUT2D eigenvalue weighted by atomic mass is 9.74. The minimum atomic E-state index is -3.03. The number of aliphatic carboxylic acids is 1. The molecule has 20 heteroatoms. The number of nitrogens with zero attached hydrogens (tertiary/aromatic N) is 1. The molecule has 0 aromatic heterocycles. The highest BCUT2D eigenvalue weighted by atomic mass is 32.1. The molecule has 3 rings (SSSR count). The van der Waals surface area contributed by atoms with Crippen LogP contribution >= 0.6 is 12.2 Å². The fourth-order valence-corrected chi connectivity index (χ4v) is 6.68. The van der Waals surface area contributed by atoms with Gasteiger partial charge in [-0.3, -0.25) is 19.8 Å². The van der Waals surface area contributed by atoms with Crippen LogP contribution < -0.4 is 0 Å². The number of aliphatic imine (C=N–C) groups is 1. The Kier molecular flexibility index (Phi) is 14.9. The average Bonchev–Trinajstić information content (AvgIpc) is 3.08. The molecule has 3 aliphatic rings. The number of aliphatic hydroxyl groups excluding tert-OH is 2. The van der Waals surface area contributed by atoms with E-state index >= 15 is 0 Å². The number of methoxy groups -OCH3 is 1. The normalized spacial score (nSPS) is 33.8. The lowest BCUT2D eigenvalue weighted by Gasteiger charge is -2.52. The summed E-state index contributed by atoms with van der Waals surface area (Å²) in [6, 6.07) is 0. The van der Waals surface area contributed by atoms with Gasteiger partial charge in [-0.25, -0.2) is 9.59 Å². The molecule has 0 aromatic rings. The molecular weight excluding hydrogens is 740 g/mol. The van der Waals surface area contributed by atoms with Crippen LogP contribution in [0.15, 0.2) is 28.1 Å². The van der Waals surface area contributed by atoms with Crippen LogP contribution in [0.1, 0.15) is 60.8 Å². The Labute approximate surface area is 315 Å². The van der Waals surface area contributed by atoms with E-state index in [-0.39, 0.29) is 24.5 Å². The molecule has 1 aliphatic carbocycles. The Bertz CT molecular complexity index is 1610. The average molecular weight is 787 g/mol. The van der Waals surface area contributed by atoms with Crippen LogP contribution in [-0.2, 0) is 57.1 Å². The number of hydrogen-bond acceptors (Lipinski definition) is 19. The van der Waals surface area contributed by atoms with Crippen LogP contribution in [0.5, 0.6) is 0 Å². The van der Waals surface area contributed by atoms with Crippen LogP contribution in [0.3, 0.4) is 0 Å². The number of allylic oxidation sites excluding steroid dienone is 1. The smallest absolute Gasteiger partial charge is 0.357 e. The molecule has 19 nitrogen and oxygen atoms in total. The van der Waals surface area contributed by atoms with E-state index in [9.17, 15) is 49.5 Å². The van der Waals surface area contributed by atoms with Crippen molar-refractivity contribution in [3.63, 3.8) is 0 Å². The number of carbonyl (C=O) groups excluding carboxylic acids is 4. The van der Waals surface area contributed by atoms with E-state index in [0.717, 1.165) is 6.92 Å². The van der Waals surface area contributed by atoms with Crippen molar-refractivity contribution in [1.82, 2.24) is 0 Å². The third-order valence-electron chi connectivity index (χ3n) is 9.35. The van der Waals surface area contributed by atoms with Gasteiger partial charge in [-0.05, 0) is 38.9 Å². The molecule has 0 amide bonds. The maximum Gasteiger partial charge on any atom is 0.357 e. The van der Waals surface area contributed by atoms with Gasteiger partial charge < -0.3 is 58.7 Å². The lowest BCUT2D eigenvalue weighted by Crippen LogP contribution is -2.70. The minimum absolute atomic E-state index is 0.0351. The highest BCUT2D eigenvalue weighted by molar-refractivity contribution is 7.78. The fourth-order valence-electron chi connectivity index (χ4n) is 6.58. The molecule has 2 heterocycles. The lowest BCUT2D eigenvalue weighted by molar-refractivity contribution is -0.345. The van der Waals surface area contributed by atoms with E-state index in [1.165, 1.54) is 34.0 Å². The van der Waals surface area contributed by atoms with E-state index in [1.807, 2.05) is 19.0 Å². The topological polar surface area (TPSA) is 287 Å².